The molecule has 1 aliphatic heterocycles. The molecule has 1 aliphatic rings. The average Bonchev–Trinajstić information content (AvgIpc) is 3.82. The lowest BCUT2D eigenvalue weighted by Crippen LogP contribution is -2.40. The fraction of sp³-hybridized carbons (Fsp3) is 0.219. The molecule has 0 aliphatic carbocycles. The van der Waals surface area contributed by atoms with Gasteiger partial charge in [0, 0.05) is 28.4 Å². The summed E-state index contributed by atoms with van der Waals surface area (Å²) >= 11 is 3.55. The lowest BCUT2D eigenvalue weighted by Gasteiger charge is -2.31. The van der Waals surface area contributed by atoms with Crippen LogP contribution in [0.5, 0.6) is 0 Å². The van der Waals surface area contributed by atoms with Crippen LogP contribution in [0.3, 0.4) is 0 Å². The predicted octanol–water partition coefficient (Wildman–Crippen LogP) is 7.38. The van der Waals surface area contributed by atoms with Gasteiger partial charge in [-0.05, 0) is 43.6 Å². The van der Waals surface area contributed by atoms with Gasteiger partial charge in [0.05, 0.1) is 45.6 Å². The van der Waals surface area contributed by atoms with Crippen molar-refractivity contribution in [1.82, 2.24) is 29.7 Å². The molecule has 2 aromatic carbocycles. The van der Waals surface area contributed by atoms with Crippen LogP contribution in [0.15, 0.2) is 84.1 Å². The summed E-state index contributed by atoms with van der Waals surface area (Å²) in [6.07, 6.45) is 7.36. The summed E-state index contributed by atoms with van der Waals surface area (Å²) in [4.78, 5) is 33.5. The number of H-pyrrole nitrogens is 2. The Kier molecular flexibility index (Phi) is 6.78. The van der Waals surface area contributed by atoms with Crippen LogP contribution in [0.1, 0.15) is 36.3 Å². The Balaban J connectivity index is 1.11. The third-order valence-corrected chi connectivity index (χ3v) is 10.0. The molecule has 41 heavy (non-hydrogen) atoms. The standard InChI is InChI=1S/C32H30N6OS2/c1-37(2)28(22-7-4-3-5-8-22)32(39)38-14-6-9-27(38)31-34-16-25(36-31)21-12-10-20(11-13-21)23-17-40-30-24(18-41-29(23)30)26-15-33-19-35-26/h3-5,7-8,10-13,15-19,27-28H,6,9,14H2,1-2H3,(H,33,35)(H,34,36). The molecule has 1 fully saturated rings. The van der Waals surface area contributed by atoms with E-state index in [1.165, 1.54) is 26.1 Å². The first-order valence-corrected chi connectivity index (χ1v) is 15.5. The summed E-state index contributed by atoms with van der Waals surface area (Å²) in [6.45, 7) is 0.741. The molecular formula is C32H30N6OS2. The molecule has 7 nitrogen and oxygen atoms in total. The van der Waals surface area contributed by atoms with Gasteiger partial charge in [0.15, 0.2) is 0 Å². The topological polar surface area (TPSA) is 80.9 Å². The van der Waals surface area contributed by atoms with Crippen LogP contribution in [-0.2, 0) is 4.79 Å². The van der Waals surface area contributed by atoms with Crippen LogP contribution in [-0.4, -0.2) is 56.3 Å². The Morgan fingerprint density at radius 1 is 0.951 bits per heavy atom. The molecule has 0 radical (unpaired) electrons. The van der Waals surface area contributed by atoms with Gasteiger partial charge in [0.1, 0.15) is 11.9 Å². The Hall–Kier alpha value is -4.05. The number of benzene rings is 2. The first-order chi connectivity index (χ1) is 20.1. The van der Waals surface area contributed by atoms with Gasteiger partial charge in [-0.3, -0.25) is 9.69 Å². The molecule has 6 aromatic rings. The number of nitrogens with one attached hydrogen (secondary N) is 2. The number of hydrogen-bond donors (Lipinski definition) is 2. The smallest absolute Gasteiger partial charge is 0.245 e. The zero-order valence-corrected chi connectivity index (χ0v) is 24.5. The SMILES string of the molecule is CN(C)C(C(=O)N1CCCC1c1ncc(-c2ccc(-c3csc4c(-c5cnc[nH]5)csc34)cc2)[nH]1)c1ccccc1. The molecule has 0 saturated carbocycles. The molecule has 1 amide bonds. The third-order valence-electron chi connectivity index (χ3n) is 7.89. The first kappa shape index (κ1) is 25.9. The van der Waals surface area contributed by atoms with Gasteiger partial charge < -0.3 is 14.9 Å². The number of imidazole rings is 2. The molecule has 5 heterocycles. The Labute approximate surface area is 246 Å². The zero-order chi connectivity index (χ0) is 27.9. The van der Waals surface area contributed by atoms with Crippen LogP contribution in [0, 0.1) is 0 Å². The van der Waals surface area contributed by atoms with Crippen LogP contribution in [0.25, 0.3) is 43.0 Å². The second-order valence-corrected chi connectivity index (χ2v) is 12.4. The summed E-state index contributed by atoms with van der Waals surface area (Å²) in [6, 6.07) is 18.3. The van der Waals surface area contributed by atoms with E-state index in [-0.39, 0.29) is 18.0 Å². The number of likely N-dealkylation sites (tertiary alicyclic amines) is 1. The minimum atomic E-state index is -0.318. The van der Waals surface area contributed by atoms with Crippen LogP contribution >= 0.6 is 22.7 Å². The molecule has 2 unspecified atom stereocenters. The van der Waals surface area contributed by atoms with E-state index in [9.17, 15) is 4.79 Å². The van der Waals surface area contributed by atoms with Crippen molar-refractivity contribution in [3.8, 4) is 33.6 Å². The predicted molar refractivity (Wildman–Crippen MR) is 167 cm³/mol. The van der Waals surface area contributed by atoms with E-state index in [4.69, 9.17) is 4.98 Å². The van der Waals surface area contributed by atoms with Gasteiger partial charge in [-0.2, -0.15) is 0 Å². The number of hydrogen-bond acceptors (Lipinski definition) is 6. The molecule has 9 heteroatoms. The largest absolute Gasteiger partial charge is 0.345 e. The van der Waals surface area contributed by atoms with E-state index in [1.807, 2.05) is 66.6 Å². The summed E-state index contributed by atoms with van der Waals surface area (Å²) in [5.74, 6) is 0.974. The van der Waals surface area contributed by atoms with Gasteiger partial charge in [-0.25, -0.2) is 9.97 Å². The van der Waals surface area contributed by atoms with Gasteiger partial charge in [0.25, 0.3) is 0 Å². The number of aromatic nitrogens is 4. The number of thiophene rings is 2. The fourth-order valence-electron chi connectivity index (χ4n) is 5.86. The Morgan fingerprint density at radius 2 is 1.68 bits per heavy atom. The number of carbonyl (C=O) groups excluding carboxylic acids is 1. The maximum absolute atomic E-state index is 13.8. The van der Waals surface area contributed by atoms with E-state index in [2.05, 4.69) is 50.0 Å². The summed E-state index contributed by atoms with van der Waals surface area (Å²) < 4.78 is 2.59. The fourth-order valence-corrected chi connectivity index (χ4v) is 8.30. The van der Waals surface area contributed by atoms with Gasteiger partial charge in [0.2, 0.25) is 5.91 Å². The quantitative estimate of drug-likeness (QED) is 0.207. The molecule has 7 rings (SSSR count). The number of fused-ring (bicyclic) bond motifs is 1. The molecule has 2 N–H and O–H groups in total. The number of nitrogens with zero attached hydrogens (tertiary/aromatic N) is 4. The van der Waals surface area contributed by atoms with E-state index in [0.29, 0.717) is 0 Å². The number of carbonyl (C=O) groups is 1. The second-order valence-electron chi connectivity index (χ2n) is 10.6. The zero-order valence-electron chi connectivity index (χ0n) is 22.9. The molecule has 0 bridgehead atoms. The second kappa shape index (κ2) is 10.7. The number of likely N-dealkylation sites (N-methyl/N-ethyl adjacent to an activating group) is 1. The Morgan fingerprint density at radius 3 is 2.41 bits per heavy atom. The molecule has 1 saturated heterocycles. The van der Waals surface area contributed by atoms with Crippen molar-refractivity contribution in [2.75, 3.05) is 20.6 Å². The molecule has 2 atom stereocenters. The Bertz CT molecular complexity index is 1780. The van der Waals surface area contributed by atoms with Crippen molar-refractivity contribution in [3.05, 3.63) is 95.5 Å². The maximum Gasteiger partial charge on any atom is 0.245 e. The van der Waals surface area contributed by atoms with Crippen LogP contribution in [0.2, 0.25) is 0 Å². The average molecular weight is 579 g/mol. The number of amides is 1. The van der Waals surface area contributed by atoms with Crippen molar-refractivity contribution in [2.24, 2.45) is 0 Å². The minimum Gasteiger partial charge on any atom is -0.345 e. The normalized spacial score (nSPS) is 16.2. The highest BCUT2D eigenvalue weighted by molar-refractivity contribution is 7.27. The summed E-state index contributed by atoms with van der Waals surface area (Å²) in [7, 11) is 3.93. The highest BCUT2D eigenvalue weighted by Crippen LogP contribution is 2.44. The summed E-state index contributed by atoms with van der Waals surface area (Å²) in [5.41, 5.74) is 7.76. The highest BCUT2D eigenvalue weighted by atomic mass is 32.1. The maximum atomic E-state index is 13.8. The molecular weight excluding hydrogens is 549 g/mol. The monoisotopic (exact) mass is 578 g/mol. The number of aromatic amines is 2. The van der Waals surface area contributed by atoms with Crippen molar-refractivity contribution in [3.63, 3.8) is 0 Å². The van der Waals surface area contributed by atoms with E-state index in [1.54, 1.807) is 29.0 Å². The van der Waals surface area contributed by atoms with Gasteiger partial charge in [-0.15, -0.1) is 22.7 Å². The van der Waals surface area contributed by atoms with Crippen molar-refractivity contribution in [2.45, 2.75) is 24.9 Å². The molecule has 4 aromatic heterocycles. The molecule has 0 spiro atoms. The summed E-state index contributed by atoms with van der Waals surface area (Å²) in [5, 5.41) is 4.45. The van der Waals surface area contributed by atoms with E-state index in [0.717, 1.165) is 47.7 Å². The van der Waals surface area contributed by atoms with Crippen molar-refractivity contribution in [1.29, 1.82) is 0 Å². The van der Waals surface area contributed by atoms with Gasteiger partial charge in [-0.1, -0.05) is 54.6 Å². The van der Waals surface area contributed by atoms with Crippen molar-refractivity contribution < 1.29 is 4.79 Å². The number of rotatable bonds is 7. The first-order valence-electron chi connectivity index (χ1n) is 13.7. The lowest BCUT2D eigenvalue weighted by molar-refractivity contribution is -0.137. The minimum absolute atomic E-state index is 0.0522. The van der Waals surface area contributed by atoms with Crippen molar-refractivity contribution >= 4 is 38.0 Å². The molecule has 206 valence electrons. The van der Waals surface area contributed by atoms with Gasteiger partial charge >= 0.3 is 0 Å². The highest BCUT2D eigenvalue weighted by Gasteiger charge is 2.37. The third kappa shape index (κ3) is 4.69. The van der Waals surface area contributed by atoms with Crippen LogP contribution in [0.4, 0.5) is 0 Å². The lowest BCUT2D eigenvalue weighted by atomic mass is 10.0. The van der Waals surface area contributed by atoms with E-state index >= 15 is 0 Å². The van der Waals surface area contributed by atoms with Crippen LogP contribution < -0.4 is 0 Å². The van der Waals surface area contributed by atoms with E-state index < -0.39 is 0 Å².